The summed E-state index contributed by atoms with van der Waals surface area (Å²) in [5.74, 6) is -0.203. The number of carbonyl (C=O) groups excluding carboxylic acids is 1. The van der Waals surface area contributed by atoms with E-state index in [4.69, 9.17) is 0 Å². The SMILES string of the molecule is Cc1cccc2c(=O)n(CC(=O)N3CCCCC3CNS(C)(=O)=O)cnc12. The van der Waals surface area contributed by atoms with E-state index in [0.717, 1.165) is 31.1 Å². The van der Waals surface area contributed by atoms with Gasteiger partial charge < -0.3 is 4.90 Å². The average molecular weight is 392 g/mol. The van der Waals surface area contributed by atoms with Crippen LogP contribution in [0.1, 0.15) is 24.8 Å². The molecule has 1 amide bonds. The molecule has 1 aromatic heterocycles. The molecule has 2 heterocycles. The summed E-state index contributed by atoms with van der Waals surface area (Å²) >= 11 is 0. The van der Waals surface area contributed by atoms with Gasteiger partial charge in [-0.15, -0.1) is 0 Å². The molecule has 27 heavy (non-hydrogen) atoms. The number of hydrogen-bond donors (Lipinski definition) is 1. The number of likely N-dealkylation sites (tertiary alicyclic amines) is 1. The van der Waals surface area contributed by atoms with Crippen molar-refractivity contribution in [3.05, 3.63) is 40.4 Å². The molecule has 8 nitrogen and oxygen atoms in total. The monoisotopic (exact) mass is 392 g/mol. The van der Waals surface area contributed by atoms with E-state index in [1.807, 2.05) is 13.0 Å². The van der Waals surface area contributed by atoms with Crippen molar-refractivity contribution >= 4 is 26.8 Å². The predicted octanol–water partition coefficient (Wildman–Crippen LogP) is 0.635. The Balaban J connectivity index is 1.80. The van der Waals surface area contributed by atoms with Gasteiger partial charge in [0.25, 0.3) is 5.56 Å². The Bertz CT molecular complexity index is 1020. The van der Waals surface area contributed by atoms with Crippen LogP contribution >= 0.6 is 0 Å². The Kier molecular flexibility index (Phi) is 5.61. The summed E-state index contributed by atoms with van der Waals surface area (Å²) in [4.78, 5) is 31.5. The molecule has 1 saturated heterocycles. The fourth-order valence-corrected chi connectivity index (χ4v) is 3.97. The topological polar surface area (TPSA) is 101 Å². The van der Waals surface area contributed by atoms with E-state index < -0.39 is 10.0 Å². The molecule has 2 aromatic rings. The van der Waals surface area contributed by atoms with Gasteiger partial charge >= 0.3 is 0 Å². The van der Waals surface area contributed by atoms with Gasteiger partial charge in [0, 0.05) is 19.1 Å². The van der Waals surface area contributed by atoms with Crippen LogP contribution in [0.15, 0.2) is 29.3 Å². The first-order chi connectivity index (χ1) is 12.8. The van der Waals surface area contributed by atoms with Crippen molar-refractivity contribution < 1.29 is 13.2 Å². The highest BCUT2D eigenvalue weighted by Gasteiger charge is 2.27. The van der Waals surface area contributed by atoms with E-state index in [0.29, 0.717) is 17.4 Å². The zero-order chi connectivity index (χ0) is 19.6. The maximum Gasteiger partial charge on any atom is 0.261 e. The van der Waals surface area contributed by atoms with Gasteiger partial charge in [0.1, 0.15) is 6.54 Å². The highest BCUT2D eigenvalue weighted by molar-refractivity contribution is 7.88. The molecular formula is C18H24N4O4S. The third kappa shape index (κ3) is 4.54. The van der Waals surface area contributed by atoms with Crippen LogP contribution in [-0.4, -0.2) is 54.2 Å². The number of carbonyl (C=O) groups is 1. The number of nitrogens with one attached hydrogen (secondary N) is 1. The number of aryl methyl sites for hydroxylation is 1. The fraction of sp³-hybridized carbons (Fsp3) is 0.500. The van der Waals surface area contributed by atoms with Crippen molar-refractivity contribution in [3.8, 4) is 0 Å². The molecule has 0 aliphatic carbocycles. The molecule has 1 atom stereocenters. The minimum Gasteiger partial charge on any atom is -0.337 e. The number of aromatic nitrogens is 2. The summed E-state index contributed by atoms with van der Waals surface area (Å²) in [5.41, 5.74) is 1.30. The van der Waals surface area contributed by atoms with E-state index in [2.05, 4.69) is 9.71 Å². The Morgan fingerprint density at radius 3 is 2.85 bits per heavy atom. The second-order valence-corrected chi connectivity index (χ2v) is 8.84. The third-order valence-corrected chi connectivity index (χ3v) is 5.58. The maximum atomic E-state index is 12.8. The molecule has 1 N–H and O–H groups in total. The zero-order valence-corrected chi connectivity index (χ0v) is 16.3. The van der Waals surface area contributed by atoms with Crippen LogP contribution in [0, 0.1) is 6.92 Å². The molecule has 1 aromatic carbocycles. The molecule has 1 aliphatic heterocycles. The Hall–Kier alpha value is -2.26. The maximum absolute atomic E-state index is 12.8. The standard InChI is InChI=1S/C18H24N4O4S/c1-13-6-5-8-15-17(13)19-12-21(18(15)24)11-16(23)22-9-4-3-7-14(22)10-20-27(2,25)26/h5-6,8,12,14,20H,3-4,7,9-11H2,1-2H3. The van der Waals surface area contributed by atoms with Gasteiger partial charge in [0.15, 0.2) is 0 Å². The minimum atomic E-state index is -3.32. The number of hydrogen-bond acceptors (Lipinski definition) is 5. The first kappa shape index (κ1) is 19.5. The molecule has 0 saturated carbocycles. The van der Waals surface area contributed by atoms with Gasteiger partial charge in [-0.3, -0.25) is 14.2 Å². The molecule has 9 heteroatoms. The number of benzene rings is 1. The third-order valence-electron chi connectivity index (χ3n) is 4.89. The second-order valence-electron chi connectivity index (χ2n) is 7.01. The van der Waals surface area contributed by atoms with Crippen LogP contribution < -0.4 is 10.3 Å². The summed E-state index contributed by atoms with van der Waals surface area (Å²) in [6, 6.07) is 5.19. The van der Waals surface area contributed by atoms with Crippen molar-refractivity contribution in [1.29, 1.82) is 0 Å². The first-order valence-electron chi connectivity index (χ1n) is 8.95. The lowest BCUT2D eigenvalue weighted by Gasteiger charge is -2.36. The van der Waals surface area contributed by atoms with Crippen LogP contribution in [0.5, 0.6) is 0 Å². The summed E-state index contributed by atoms with van der Waals surface area (Å²) < 4.78 is 26.5. The summed E-state index contributed by atoms with van der Waals surface area (Å²) in [6.45, 7) is 2.53. The van der Waals surface area contributed by atoms with Crippen molar-refractivity contribution in [2.24, 2.45) is 0 Å². The molecule has 1 fully saturated rings. The molecular weight excluding hydrogens is 368 g/mol. The van der Waals surface area contributed by atoms with Crippen molar-refractivity contribution in [2.45, 2.75) is 38.8 Å². The van der Waals surface area contributed by atoms with Crippen LogP contribution in [0.25, 0.3) is 10.9 Å². The lowest BCUT2D eigenvalue weighted by atomic mass is 10.0. The van der Waals surface area contributed by atoms with Gasteiger partial charge in [-0.2, -0.15) is 0 Å². The summed E-state index contributed by atoms with van der Waals surface area (Å²) in [6.07, 6.45) is 5.05. The predicted molar refractivity (Wildman–Crippen MR) is 103 cm³/mol. The largest absolute Gasteiger partial charge is 0.337 e. The Morgan fingerprint density at radius 2 is 2.11 bits per heavy atom. The van der Waals surface area contributed by atoms with E-state index in [1.165, 1.54) is 10.9 Å². The van der Waals surface area contributed by atoms with Gasteiger partial charge in [0.2, 0.25) is 15.9 Å². The zero-order valence-electron chi connectivity index (χ0n) is 15.5. The summed E-state index contributed by atoms with van der Waals surface area (Å²) in [5, 5.41) is 0.485. The molecule has 146 valence electrons. The quantitative estimate of drug-likeness (QED) is 0.804. The van der Waals surface area contributed by atoms with Gasteiger partial charge in [-0.25, -0.2) is 18.1 Å². The van der Waals surface area contributed by atoms with E-state index in [1.54, 1.807) is 17.0 Å². The lowest BCUT2D eigenvalue weighted by molar-refractivity contribution is -0.135. The van der Waals surface area contributed by atoms with Gasteiger partial charge in [-0.05, 0) is 37.8 Å². The number of piperidine rings is 1. The van der Waals surface area contributed by atoms with E-state index >= 15 is 0 Å². The Morgan fingerprint density at radius 1 is 1.33 bits per heavy atom. The van der Waals surface area contributed by atoms with Gasteiger partial charge in [-0.1, -0.05) is 12.1 Å². The molecule has 1 aliphatic rings. The number of sulfonamides is 1. The smallest absolute Gasteiger partial charge is 0.261 e. The van der Waals surface area contributed by atoms with E-state index in [9.17, 15) is 18.0 Å². The van der Waals surface area contributed by atoms with Crippen LogP contribution in [0.3, 0.4) is 0 Å². The van der Waals surface area contributed by atoms with E-state index in [-0.39, 0.29) is 30.6 Å². The highest BCUT2D eigenvalue weighted by Crippen LogP contribution is 2.17. The van der Waals surface area contributed by atoms with Crippen LogP contribution in [-0.2, 0) is 21.4 Å². The number of nitrogens with zero attached hydrogens (tertiary/aromatic N) is 3. The Labute approximate surface area is 158 Å². The molecule has 0 radical (unpaired) electrons. The normalized spacial score (nSPS) is 18.0. The first-order valence-corrected chi connectivity index (χ1v) is 10.8. The average Bonchev–Trinajstić information content (AvgIpc) is 2.62. The number of fused-ring (bicyclic) bond motifs is 1. The molecule has 1 unspecified atom stereocenters. The van der Waals surface area contributed by atoms with Crippen LogP contribution in [0.2, 0.25) is 0 Å². The van der Waals surface area contributed by atoms with Crippen LogP contribution in [0.4, 0.5) is 0 Å². The van der Waals surface area contributed by atoms with Gasteiger partial charge in [0.05, 0.1) is 23.5 Å². The van der Waals surface area contributed by atoms with Crippen molar-refractivity contribution in [2.75, 3.05) is 19.3 Å². The summed E-state index contributed by atoms with van der Waals surface area (Å²) in [7, 11) is -3.32. The number of amides is 1. The fourth-order valence-electron chi connectivity index (χ4n) is 3.48. The number of para-hydroxylation sites is 1. The highest BCUT2D eigenvalue weighted by atomic mass is 32.2. The van der Waals surface area contributed by atoms with Crippen molar-refractivity contribution in [3.63, 3.8) is 0 Å². The second kappa shape index (κ2) is 7.77. The number of rotatable bonds is 5. The lowest BCUT2D eigenvalue weighted by Crippen LogP contribution is -2.50. The minimum absolute atomic E-state index is 0.106. The van der Waals surface area contributed by atoms with Crippen molar-refractivity contribution in [1.82, 2.24) is 19.2 Å². The molecule has 0 spiro atoms. The molecule has 0 bridgehead atoms. The molecule has 3 rings (SSSR count).